The smallest absolute Gasteiger partial charge is 0.326 e. The van der Waals surface area contributed by atoms with Gasteiger partial charge in [0.15, 0.2) is 12.4 Å². The number of carbonyl (C=O) groups is 4. The fraction of sp³-hybridized carbons (Fsp3) is 0.400. The summed E-state index contributed by atoms with van der Waals surface area (Å²) < 4.78 is 10.0. The van der Waals surface area contributed by atoms with Crippen LogP contribution in [0.4, 0.5) is 0 Å². The van der Waals surface area contributed by atoms with Gasteiger partial charge in [-0.15, -0.1) is 0 Å². The first-order chi connectivity index (χ1) is 13.0. The molecule has 1 aromatic rings. The number of carbonyl (C=O) groups excluding carboxylic acids is 4. The minimum absolute atomic E-state index is 0.0918. The topological polar surface area (TPSA) is 90.0 Å². The second-order valence-electron chi connectivity index (χ2n) is 7.07. The number of imide groups is 1. The lowest BCUT2D eigenvalue weighted by molar-refractivity contribution is -0.152. The molecule has 2 fully saturated rings. The quantitative estimate of drug-likeness (QED) is 0.324. The standard InChI is InChI=1S/C20H19NO6/c1-26-14-6-4-11(5-7-14)15(22)10-27-16(23)9-21-19(24)17-12-2-3-13(8-12)18(17)20(21)25/h2-7,12-13,17-18H,8-10H2,1H3/t12-,13-,17-,18+/m0/s1. The number of esters is 1. The van der Waals surface area contributed by atoms with Crippen LogP contribution in [0, 0.1) is 23.7 Å². The Morgan fingerprint density at radius 3 is 2.19 bits per heavy atom. The monoisotopic (exact) mass is 369 g/mol. The van der Waals surface area contributed by atoms with Crippen LogP contribution in [0.2, 0.25) is 0 Å². The summed E-state index contributed by atoms with van der Waals surface area (Å²) in [5.41, 5.74) is 0.383. The fourth-order valence-corrected chi connectivity index (χ4v) is 4.30. The molecule has 4 atom stereocenters. The SMILES string of the molecule is COc1ccc(C(=O)COC(=O)CN2C(=O)[C@@H]3[C@H](C2=O)[C@H]2C=C[C@H]3C2)cc1. The summed E-state index contributed by atoms with van der Waals surface area (Å²) in [6.07, 6.45) is 4.82. The number of Topliss-reactive ketones (excluding diaryl/α,β-unsaturated/α-hetero) is 1. The lowest BCUT2D eigenvalue weighted by Gasteiger charge is -2.16. The molecular formula is C20H19NO6. The first-order valence-corrected chi connectivity index (χ1v) is 8.86. The van der Waals surface area contributed by atoms with E-state index in [0.29, 0.717) is 11.3 Å². The molecule has 0 unspecified atom stereocenters. The largest absolute Gasteiger partial charge is 0.497 e. The summed E-state index contributed by atoms with van der Waals surface area (Å²) in [7, 11) is 1.52. The summed E-state index contributed by atoms with van der Waals surface area (Å²) in [5, 5.41) is 0. The van der Waals surface area contributed by atoms with Crippen LogP contribution in [0.1, 0.15) is 16.8 Å². The minimum Gasteiger partial charge on any atom is -0.497 e. The number of rotatable bonds is 6. The highest BCUT2D eigenvalue weighted by atomic mass is 16.5. The molecule has 7 nitrogen and oxygen atoms in total. The number of ether oxygens (including phenoxy) is 2. The van der Waals surface area contributed by atoms with Crippen LogP contribution in [0.25, 0.3) is 0 Å². The van der Waals surface area contributed by atoms with Crippen molar-refractivity contribution in [2.75, 3.05) is 20.3 Å². The third-order valence-corrected chi connectivity index (χ3v) is 5.63. The zero-order valence-corrected chi connectivity index (χ0v) is 14.8. The van der Waals surface area contributed by atoms with Crippen LogP contribution < -0.4 is 4.74 Å². The van der Waals surface area contributed by atoms with E-state index in [1.54, 1.807) is 24.3 Å². The Hall–Kier alpha value is -2.96. The lowest BCUT2D eigenvalue weighted by Crippen LogP contribution is -2.38. The van der Waals surface area contributed by atoms with Crippen LogP contribution in [0.5, 0.6) is 5.75 Å². The zero-order valence-electron chi connectivity index (χ0n) is 14.8. The molecule has 4 rings (SSSR count). The number of nitrogens with zero attached hydrogens (tertiary/aromatic N) is 1. The van der Waals surface area contributed by atoms with Crippen LogP contribution in [0.15, 0.2) is 36.4 Å². The molecule has 0 aromatic heterocycles. The van der Waals surface area contributed by atoms with Gasteiger partial charge in [0.2, 0.25) is 11.8 Å². The summed E-state index contributed by atoms with van der Waals surface area (Å²) in [4.78, 5) is 50.2. The van der Waals surface area contributed by atoms with Gasteiger partial charge in [0.25, 0.3) is 0 Å². The molecule has 1 saturated carbocycles. The number of methoxy groups -OCH3 is 1. The van der Waals surface area contributed by atoms with Crippen LogP contribution >= 0.6 is 0 Å². The van der Waals surface area contributed by atoms with Gasteiger partial charge in [0.1, 0.15) is 12.3 Å². The molecule has 0 spiro atoms. The highest BCUT2D eigenvalue weighted by Gasteiger charge is 2.59. The molecule has 140 valence electrons. The fourth-order valence-electron chi connectivity index (χ4n) is 4.30. The molecule has 2 amide bonds. The maximum atomic E-state index is 12.5. The number of amides is 2. The summed E-state index contributed by atoms with van der Waals surface area (Å²) >= 11 is 0. The van der Waals surface area contributed by atoms with Gasteiger partial charge >= 0.3 is 5.97 Å². The van der Waals surface area contributed by atoms with Crippen molar-refractivity contribution < 1.29 is 28.7 Å². The Bertz CT molecular complexity index is 813. The molecule has 0 radical (unpaired) electrons. The molecule has 2 aliphatic carbocycles. The molecule has 1 aromatic carbocycles. The highest BCUT2D eigenvalue weighted by molar-refractivity contribution is 6.08. The van der Waals surface area contributed by atoms with E-state index in [1.807, 2.05) is 12.2 Å². The molecule has 1 heterocycles. The molecule has 27 heavy (non-hydrogen) atoms. The maximum absolute atomic E-state index is 12.5. The Morgan fingerprint density at radius 2 is 1.63 bits per heavy atom. The van der Waals surface area contributed by atoms with Gasteiger partial charge in [0, 0.05) is 5.56 Å². The summed E-state index contributed by atoms with van der Waals surface area (Å²) in [5.74, 6) is -1.64. The average Bonchev–Trinajstić information content (AvgIpc) is 3.36. The third kappa shape index (κ3) is 2.93. The Kier molecular flexibility index (Phi) is 4.30. The van der Waals surface area contributed by atoms with Crippen molar-refractivity contribution in [2.45, 2.75) is 6.42 Å². The minimum atomic E-state index is -0.765. The van der Waals surface area contributed by atoms with Gasteiger partial charge in [-0.05, 0) is 42.5 Å². The number of benzene rings is 1. The molecule has 2 bridgehead atoms. The van der Waals surface area contributed by atoms with Gasteiger partial charge in [-0.2, -0.15) is 0 Å². The molecule has 0 N–H and O–H groups in total. The van der Waals surface area contributed by atoms with Crippen LogP contribution in [-0.4, -0.2) is 48.7 Å². The Balaban J connectivity index is 1.32. The normalized spacial score (nSPS) is 27.8. The summed E-state index contributed by atoms with van der Waals surface area (Å²) in [6.45, 7) is -0.888. The summed E-state index contributed by atoms with van der Waals surface area (Å²) in [6, 6.07) is 6.43. The Morgan fingerprint density at radius 1 is 1.04 bits per heavy atom. The van der Waals surface area contributed by atoms with Crippen molar-refractivity contribution in [1.82, 2.24) is 4.90 Å². The lowest BCUT2D eigenvalue weighted by atomic mass is 9.85. The van der Waals surface area contributed by atoms with Crippen LogP contribution in [0.3, 0.4) is 0 Å². The van der Waals surface area contributed by atoms with Gasteiger partial charge < -0.3 is 9.47 Å². The first kappa shape index (κ1) is 17.5. The number of fused-ring (bicyclic) bond motifs is 5. The van der Waals surface area contributed by atoms with Crippen molar-refractivity contribution in [3.05, 3.63) is 42.0 Å². The van der Waals surface area contributed by atoms with E-state index in [4.69, 9.17) is 9.47 Å². The first-order valence-electron chi connectivity index (χ1n) is 8.86. The number of allylic oxidation sites excluding steroid dienone is 2. The van der Waals surface area contributed by atoms with E-state index in [-0.39, 0.29) is 41.3 Å². The third-order valence-electron chi connectivity index (χ3n) is 5.63. The number of hydrogen-bond donors (Lipinski definition) is 0. The second kappa shape index (κ2) is 6.64. The molecule has 7 heteroatoms. The van der Waals surface area contributed by atoms with E-state index in [9.17, 15) is 19.2 Å². The van der Waals surface area contributed by atoms with E-state index in [0.717, 1.165) is 11.3 Å². The zero-order chi connectivity index (χ0) is 19.1. The highest BCUT2D eigenvalue weighted by Crippen LogP contribution is 2.52. The number of ketones is 1. The van der Waals surface area contributed by atoms with Gasteiger partial charge in [0.05, 0.1) is 18.9 Å². The van der Waals surface area contributed by atoms with Crippen molar-refractivity contribution in [2.24, 2.45) is 23.7 Å². The predicted octanol–water partition coefficient (Wildman–Crippen LogP) is 1.23. The predicted molar refractivity (Wildman–Crippen MR) is 92.7 cm³/mol. The molecule has 1 saturated heterocycles. The van der Waals surface area contributed by atoms with Crippen molar-refractivity contribution in [1.29, 1.82) is 0 Å². The van der Waals surface area contributed by atoms with Gasteiger partial charge in [-0.1, -0.05) is 12.2 Å². The van der Waals surface area contributed by atoms with E-state index >= 15 is 0 Å². The van der Waals surface area contributed by atoms with Gasteiger partial charge in [-0.3, -0.25) is 24.1 Å². The van der Waals surface area contributed by atoms with Crippen molar-refractivity contribution >= 4 is 23.6 Å². The second-order valence-corrected chi connectivity index (χ2v) is 7.07. The number of hydrogen-bond acceptors (Lipinski definition) is 6. The molecule has 3 aliphatic rings. The van der Waals surface area contributed by atoms with Gasteiger partial charge in [-0.25, -0.2) is 0 Å². The van der Waals surface area contributed by atoms with Crippen LogP contribution in [-0.2, 0) is 19.1 Å². The molecule has 1 aliphatic heterocycles. The van der Waals surface area contributed by atoms with E-state index in [1.165, 1.54) is 7.11 Å². The Labute approximate surface area is 155 Å². The van der Waals surface area contributed by atoms with Crippen molar-refractivity contribution in [3.8, 4) is 5.75 Å². The average molecular weight is 369 g/mol. The number of likely N-dealkylation sites (tertiary alicyclic amines) is 1. The molecular weight excluding hydrogens is 350 g/mol. The van der Waals surface area contributed by atoms with Crippen molar-refractivity contribution in [3.63, 3.8) is 0 Å². The van der Waals surface area contributed by atoms with E-state index in [2.05, 4.69) is 0 Å². The van der Waals surface area contributed by atoms with E-state index < -0.39 is 19.1 Å². The maximum Gasteiger partial charge on any atom is 0.326 e.